The molecule has 0 spiro atoms. The second kappa shape index (κ2) is 7.16. The van der Waals surface area contributed by atoms with Crippen LogP contribution in [0.15, 0.2) is 42.6 Å². The smallest absolute Gasteiger partial charge is 0.145 e. The number of nitrogens with one attached hydrogen (secondary N) is 2. The van der Waals surface area contributed by atoms with Gasteiger partial charge >= 0.3 is 0 Å². The third-order valence-electron chi connectivity index (χ3n) is 4.02. The van der Waals surface area contributed by atoms with Crippen LogP contribution in [0.1, 0.15) is 11.1 Å². The summed E-state index contributed by atoms with van der Waals surface area (Å²) in [6, 6.07) is 10.3. The predicted octanol–water partition coefficient (Wildman–Crippen LogP) is 1.52. The molecular formula is C18H19N7O2. The Balaban J connectivity index is 2.07. The molecule has 0 saturated heterocycles. The maximum absolute atomic E-state index is 7.62. The van der Waals surface area contributed by atoms with Crippen molar-refractivity contribution in [2.24, 2.45) is 11.5 Å². The molecule has 0 saturated carbocycles. The van der Waals surface area contributed by atoms with E-state index in [-0.39, 0.29) is 11.7 Å². The van der Waals surface area contributed by atoms with Gasteiger partial charge in [0.1, 0.15) is 34.6 Å². The highest BCUT2D eigenvalue weighted by molar-refractivity contribution is 5.97. The average Bonchev–Trinajstić information content (AvgIpc) is 3.16. The fourth-order valence-corrected chi connectivity index (χ4v) is 2.62. The van der Waals surface area contributed by atoms with Crippen molar-refractivity contribution in [3.8, 4) is 28.4 Å². The zero-order valence-electron chi connectivity index (χ0n) is 14.9. The van der Waals surface area contributed by atoms with Crippen LogP contribution in [-0.4, -0.2) is 40.9 Å². The molecule has 9 heteroatoms. The van der Waals surface area contributed by atoms with Crippen molar-refractivity contribution < 1.29 is 9.47 Å². The highest BCUT2D eigenvalue weighted by atomic mass is 16.5. The van der Waals surface area contributed by atoms with Gasteiger partial charge in [0.05, 0.1) is 20.4 Å². The van der Waals surface area contributed by atoms with E-state index in [2.05, 4.69) is 10.3 Å². The van der Waals surface area contributed by atoms with Crippen molar-refractivity contribution >= 4 is 11.7 Å². The zero-order valence-corrected chi connectivity index (χ0v) is 14.9. The molecule has 138 valence electrons. The number of rotatable bonds is 6. The molecule has 6 N–H and O–H groups in total. The van der Waals surface area contributed by atoms with Gasteiger partial charge in [-0.25, -0.2) is 4.68 Å². The lowest BCUT2D eigenvalue weighted by Gasteiger charge is -2.10. The molecule has 3 aromatic rings. The lowest BCUT2D eigenvalue weighted by atomic mass is 10.1. The largest absolute Gasteiger partial charge is 0.496 e. The normalized spacial score (nSPS) is 10.4. The van der Waals surface area contributed by atoms with Crippen LogP contribution in [0.3, 0.4) is 0 Å². The highest BCUT2D eigenvalue weighted by Gasteiger charge is 2.15. The van der Waals surface area contributed by atoms with Crippen LogP contribution >= 0.6 is 0 Å². The summed E-state index contributed by atoms with van der Waals surface area (Å²) < 4.78 is 12.3. The van der Waals surface area contributed by atoms with Gasteiger partial charge in [-0.2, -0.15) is 0 Å². The molecular weight excluding hydrogens is 346 g/mol. The summed E-state index contributed by atoms with van der Waals surface area (Å²) in [5.41, 5.74) is 14.1. The third-order valence-corrected chi connectivity index (χ3v) is 4.02. The topological polar surface area (TPSA) is 149 Å². The molecule has 0 unspecified atom stereocenters. The minimum atomic E-state index is -0.0510. The number of nitrogens with two attached hydrogens (primary N) is 2. The van der Waals surface area contributed by atoms with E-state index in [1.54, 1.807) is 54.4 Å². The molecule has 27 heavy (non-hydrogen) atoms. The first-order chi connectivity index (χ1) is 12.9. The number of hydrogen-bond donors (Lipinski definition) is 4. The Morgan fingerprint density at radius 3 is 2.19 bits per heavy atom. The van der Waals surface area contributed by atoms with Gasteiger partial charge in [-0.15, -0.1) is 5.10 Å². The molecule has 1 aromatic heterocycles. The van der Waals surface area contributed by atoms with E-state index >= 15 is 0 Å². The Labute approximate surface area is 155 Å². The first-order valence-electron chi connectivity index (χ1n) is 7.92. The van der Waals surface area contributed by atoms with Crippen LogP contribution in [0.25, 0.3) is 16.9 Å². The van der Waals surface area contributed by atoms with Gasteiger partial charge in [-0.05, 0) is 36.4 Å². The molecule has 0 atom stereocenters. The lowest BCUT2D eigenvalue weighted by Crippen LogP contribution is -2.11. The summed E-state index contributed by atoms with van der Waals surface area (Å²) in [6.07, 6.45) is 1.72. The Morgan fingerprint density at radius 2 is 1.56 bits per heavy atom. The Kier molecular flexibility index (Phi) is 4.75. The Bertz CT molecular complexity index is 1030. The summed E-state index contributed by atoms with van der Waals surface area (Å²) in [7, 11) is 3.08. The average molecular weight is 365 g/mol. The second-order valence-electron chi connectivity index (χ2n) is 5.68. The standard InChI is InChI=1S/C18H19N7O2/c1-26-15-6-4-10(17(19)20)7-12(15)13-9-25(24-23-13)14-5-3-11(18(21)22)8-16(14)27-2/h3-9H,1-2H3,(H3,19,20)(H3,21,22). The number of methoxy groups -OCH3 is 2. The molecule has 0 aliphatic heterocycles. The number of hydrogen-bond acceptors (Lipinski definition) is 6. The van der Waals surface area contributed by atoms with Crippen molar-refractivity contribution in [3.63, 3.8) is 0 Å². The SMILES string of the molecule is COc1ccc(C(=N)N)cc1-c1cn(-c2ccc(C(=N)N)cc2OC)nn1. The van der Waals surface area contributed by atoms with Gasteiger partial charge in [-0.1, -0.05) is 5.21 Å². The number of nitrogen functional groups attached to an aromatic ring is 2. The minimum absolute atomic E-state index is 0.0483. The van der Waals surface area contributed by atoms with E-state index in [0.29, 0.717) is 39.6 Å². The summed E-state index contributed by atoms with van der Waals surface area (Å²) in [5.74, 6) is 0.993. The number of benzene rings is 2. The molecule has 0 aliphatic carbocycles. The van der Waals surface area contributed by atoms with Crippen molar-refractivity contribution in [1.29, 1.82) is 10.8 Å². The van der Waals surface area contributed by atoms with Crippen LogP contribution < -0.4 is 20.9 Å². The van der Waals surface area contributed by atoms with Crippen molar-refractivity contribution in [2.75, 3.05) is 14.2 Å². The van der Waals surface area contributed by atoms with Gasteiger partial charge in [0, 0.05) is 16.7 Å². The van der Waals surface area contributed by atoms with Crippen LogP contribution in [0.2, 0.25) is 0 Å². The number of amidine groups is 2. The quantitative estimate of drug-likeness (QED) is 0.384. The van der Waals surface area contributed by atoms with E-state index in [0.717, 1.165) is 0 Å². The predicted molar refractivity (Wildman–Crippen MR) is 102 cm³/mol. The lowest BCUT2D eigenvalue weighted by molar-refractivity contribution is 0.411. The second-order valence-corrected chi connectivity index (χ2v) is 5.68. The van der Waals surface area contributed by atoms with E-state index in [9.17, 15) is 0 Å². The molecule has 0 amide bonds. The van der Waals surface area contributed by atoms with Gasteiger partial charge in [0.15, 0.2) is 0 Å². The third kappa shape index (κ3) is 3.43. The number of aromatic nitrogens is 3. The summed E-state index contributed by atoms with van der Waals surface area (Å²) >= 11 is 0. The van der Waals surface area contributed by atoms with Gasteiger partial charge in [-0.3, -0.25) is 10.8 Å². The van der Waals surface area contributed by atoms with E-state index < -0.39 is 0 Å². The molecule has 0 fully saturated rings. The maximum atomic E-state index is 7.62. The number of nitrogens with zero attached hydrogens (tertiary/aromatic N) is 3. The van der Waals surface area contributed by atoms with Gasteiger partial charge in [0.2, 0.25) is 0 Å². The van der Waals surface area contributed by atoms with Crippen LogP contribution in [0, 0.1) is 10.8 Å². The first kappa shape index (κ1) is 17.9. The van der Waals surface area contributed by atoms with Crippen molar-refractivity contribution in [1.82, 2.24) is 15.0 Å². The molecule has 0 bridgehead atoms. The van der Waals surface area contributed by atoms with Crippen LogP contribution in [-0.2, 0) is 0 Å². The number of ether oxygens (including phenoxy) is 2. The summed E-state index contributed by atoms with van der Waals surface area (Å²) in [4.78, 5) is 0. The Morgan fingerprint density at radius 1 is 0.926 bits per heavy atom. The molecule has 0 aliphatic rings. The van der Waals surface area contributed by atoms with E-state index in [4.69, 9.17) is 31.8 Å². The molecule has 2 aromatic carbocycles. The molecule has 1 heterocycles. The fraction of sp³-hybridized carbons (Fsp3) is 0.111. The van der Waals surface area contributed by atoms with E-state index in [1.165, 1.54) is 7.11 Å². The maximum Gasteiger partial charge on any atom is 0.145 e. The first-order valence-corrected chi connectivity index (χ1v) is 7.92. The van der Waals surface area contributed by atoms with E-state index in [1.807, 2.05) is 0 Å². The van der Waals surface area contributed by atoms with Crippen LogP contribution in [0.5, 0.6) is 11.5 Å². The molecule has 3 rings (SSSR count). The summed E-state index contributed by atoms with van der Waals surface area (Å²) in [5, 5.41) is 23.5. The minimum Gasteiger partial charge on any atom is -0.496 e. The monoisotopic (exact) mass is 365 g/mol. The molecule has 9 nitrogen and oxygen atoms in total. The molecule has 0 radical (unpaired) electrons. The Hall–Kier alpha value is -3.88. The van der Waals surface area contributed by atoms with Gasteiger partial charge < -0.3 is 20.9 Å². The fourth-order valence-electron chi connectivity index (χ4n) is 2.62. The zero-order chi connectivity index (χ0) is 19.6. The van der Waals surface area contributed by atoms with Crippen molar-refractivity contribution in [2.45, 2.75) is 0 Å². The van der Waals surface area contributed by atoms with Crippen LogP contribution in [0.4, 0.5) is 0 Å². The highest BCUT2D eigenvalue weighted by Crippen LogP contribution is 2.31. The van der Waals surface area contributed by atoms with Gasteiger partial charge in [0.25, 0.3) is 0 Å². The van der Waals surface area contributed by atoms with Crippen molar-refractivity contribution in [3.05, 3.63) is 53.7 Å². The summed E-state index contributed by atoms with van der Waals surface area (Å²) in [6.45, 7) is 0.